The fraction of sp³-hybridized carbons (Fsp3) is 0.714. The van der Waals surface area contributed by atoms with Crippen molar-refractivity contribution in [1.82, 2.24) is 4.98 Å². The Morgan fingerprint density at radius 1 is 1.25 bits per heavy atom. The minimum Gasteiger partial charge on any atom is -0.392 e. The topological polar surface area (TPSA) is 109 Å². The number of ether oxygens (including phenoxy) is 2. The number of Topliss-reactive ketones (excluding diaryl/α,β-unsaturated/α-hetero) is 1. The van der Waals surface area contributed by atoms with Gasteiger partial charge in [0.2, 0.25) is 0 Å². The van der Waals surface area contributed by atoms with Crippen molar-refractivity contribution < 1.29 is 29.6 Å². The van der Waals surface area contributed by atoms with E-state index in [0.29, 0.717) is 0 Å². The smallest absolute Gasteiger partial charge is 0.157 e. The van der Waals surface area contributed by atoms with E-state index in [1.54, 1.807) is 39.2 Å². The van der Waals surface area contributed by atoms with Crippen LogP contribution in [0.2, 0.25) is 0 Å². The molecule has 1 unspecified atom stereocenters. The Labute approximate surface area is 220 Å². The second-order valence-corrected chi connectivity index (χ2v) is 12.0. The molecule has 1 aliphatic rings. The first-order chi connectivity index (χ1) is 16.8. The molecule has 0 fully saturated rings. The zero-order valence-electron chi connectivity index (χ0n) is 23.0. The molecule has 2 rings (SSSR count). The summed E-state index contributed by atoms with van der Waals surface area (Å²) in [5.41, 5.74) is 1.58. The largest absolute Gasteiger partial charge is 0.392 e. The quantitative estimate of drug-likeness (QED) is 0.494. The SMILES string of the molecule is COC1/C=C(/C)CCC[C@H](C)[C@H](O)[C@@H](C)C(=O)C(C)(C)[C@@H](O)C[C@@H](O)O[C@@H]1/C(C)=C/c1csc(C)n1. The van der Waals surface area contributed by atoms with E-state index < -0.39 is 42.0 Å². The summed E-state index contributed by atoms with van der Waals surface area (Å²) in [6.07, 6.45) is 1.81. The van der Waals surface area contributed by atoms with Gasteiger partial charge in [-0.15, -0.1) is 11.3 Å². The molecule has 1 aromatic heterocycles. The van der Waals surface area contributed by atoms with Crippen LogP contribution in [0.5, 0.6) is 0 Å². The highest BCUT2D eigenvalue weighted by Crippen LogP contribution is 2.33. The lowest BCUT2D eigenvalue weighted by Crippen LogP contribution is -2.46. The van der Waals surface area contributed by atoms with Crippen molar-refractivity contribution in [3.05, 3.63) is 33.3 Å². The molecule has 36 heavy (non-hydrogen) atoms. The first-order valence-corrected chi connectivity index (χ1v) is 13.7. The third-order valence-corrected chi connectivity index (χ3v) is 8.21. The van der Waals surface area contributed by atoms with Crippen molar-refractivity contribution in [2.45, 2.75) is 105 Å². The highest BCUT2D eigenvalue weighted by molar-refractivity contribution is 7.09. The number of methoxy groups -OCH3 is 1. The van der Waals surface area contributed by atoms with Gasteiger partial charge in [-0.2, -0.15) is 0 Å². The molecule has 0 spiro atoms. The third kappa shape index (κ3) is 8.04. The standard InChI is InChI=1S/C28H45NO6S/c1-16-10-9-11-17(2)25(32)19(4)27(33)28(6,7)23(30)14-24(31)35-26(22(12-16)34-8)18(3)13-21-15-36-20(5)29-21/h12-13,15,17,19,22-26,30-32H,9-11,14H2,1-8H3/b16-12-,18-13+/t17-,19+,22?,23-,24-,25-,26+/m0/s1. The van der Waals surface area contributed by atoms with E-state index in [2.05, 4.69) is 4.98 Å². The van der Waals surface area contributed by atoms with Gasteiger partial charge in [-0.1, -0.05) is 39.3 Å². The molecule has 0 bridgehead atoms. The van der Waals surface area contributed by atoms with E-state index in [0.717, 1.165) is 41.1 Å². The molecule has 0 aromatic carbocycles. The van der Waals surface area contributed by atoms with E-state index in [-0.39, 0.29) is 18.1 Å². The Morgan fingerprint density at radius 3 is 2.50 bits per heavy atom. The van der Waals surface area contributed by atoms with Crippen LogP contribution < -0.4 is 0 Å². The summed E-state index contributed by atoms with van der Waals surface area (Å²) in [6, 6.07) is 0. The molecule has 3 N–H and O–H groups in total. The first-order valence-electron chi connectivity index (χ1n) is 12.8. The second-order valence-electron chi connectivity index (χ2n) is 10.9. The number of thiazole rings is 1. The maximum absolute atomic E-state index is 13.3. The summed E-state index contributed by atoms with van der Waals surface area (Å²) in [7, 11) is 1.60. The fourth-order valence-corrected chi connectivity index (χ4v) is 5.40. The number of rotatable bonds is 3. The number of aliphatic hydroxyl groups excluding tert-OH is 3. The fourth-order valence-electron chi connectivity index (χ4n) is 4.83. The van der Waals surface area contributed by atoms with Crippen molar-refractivity contribution in [2.75, 3.05) is 7.11 Å². The highest BCUT2D eigenvalue weighted by atomic mass is 32.1. The van der Waals surface area contributed by atoms with E-state index in [9.17, 15) is 20.1 Å². The van der Waals surface area contributed by atoms with E-state index in [1.165, 1.54) is 0 Å². The summed E-state index contributed by atoms with van der Waals surface area (Å²) >= 11 is 1.56. The Kier molecular flexibility index (Phi) is 11.5. The van der Waals surface area contributed by atoms with Gasteiger partial charge in [0.1, 0.15) is 18.0 Å². The molecule has 204 valence electrons. The summed E-state index contributed by atoms with van der Waals surface area (Å²) < 4.78 is 11.9. The molecule has 0 saturated carbocycles. The predicted octanol–water partition coefficient (Wildman–Crippen LogP) is 4.68. The molecule has 7 nitrogen and oxygen atoms in total. The van der Waals surface area contributed by atoms with Crippen molar-refractivity contribution in [1.29, 1.82) is 0 Å². The molecule has 2 heterocycles. The van der Waals surface area contributed by atoms with Crippen LogP contribution in [0.1, 0.15) is 77.9 Å². The number of aliphatic hydroxyl groups is 3. The molecule has 0 radical (unpaired) electrons. The molecule has 7 atom stereocenters. The average molecular weight is 524 g/mol. The number of ketones is 1. The van der Waals surface area contributed by atoms with Gasteiger partial charge in [-0.3, -0.25) is 4.79 Å². The molecule has 1 aromatic rings. The number of hydrogen-bond acceptors (Lipinski definition) is 8. The van der Waals surface area contributed by atoms with Gasteiger partial charge in [0.25, 0.3) is 0 Å². The predicted molar refractivity (Wildman–Crippen MR) is 144 cm³/mol. The van der Waals surface area contributed by atoms with Crippen LogP contribution >= 0.6 is 11.3 Å². The van der Waals surface area contributed by atoms with Gasteiger partial charge >= 0.3 is 0 Å². The van der Waals surface area contributed by atoms with Gasteiger partial charge < -0.3 is 24.8 Å². The van der Waals surface area contributed by atoms with Crippen molar-refractivity contribution in [3.63, 3.8) is 0 Å². The monoisotopic (exact) mass is 523 g/mol. The van der Waals surface area contributed by atoms with Gasteiger partial charge in [-0.05, 0) is 57.6 Å². The Morgan fingerprint density at radius 2 is 1.92 bits per heavy atom. The molecular weight excluding hydrogens is 478 g/mol. The van der Waals surface area contributed by atoms with Gasteiger partial charge in [0.05, 0.1) is 22.9 Å². The number of aryl methyl sites for hydroxylation is 1. The number of aromatic nitrogens is 1. The first kappa shape index (κ1) is 30.8. The molecule has 0 aliphatic carbocycles. The number of allylic oxidation sites excluding steroid dienone is 1. The molecule has 1 aliphatic heterocycles. The molecule has 0 saturated heterocycles. The van der Waals surface area contributed by atoms with Crippen LogP contribution in [0.15, 0.2) is 22.6 Å². The number of nitrogens with zero attached hydrogens (tertiary/aromatic N) is 1. The van der Waals surface area contributed by atoms with E-state index in [1.807, 2.05) is 45.2 Å². The highest BCUT2D eigenvalue weighted by Gasteiger charge is 2.42. The average Bonchev–Trinajstić information content (AvgIpc) is 3.22. The zero-order chi connectivity index (χ0) is 27.2. The lowest BCUT2D eigenvalue weighted by Gasteiger charge is -2.36. The summed E-state index contributed by atoms with van der Waals surface area (Å²) in [5, 5.41) is 35.6. The van der Waals surface area contributed by atoms with Crippen molar-refractivity contribution in [3.8, 4) is 0 Å². The van der Waals surface area contributed by atoms with Crippen LogP contribution in [0.4, 0.5) is 0 Å². The second kappa shape index (κ2) is 13.4. The molecular formula is C28H45NO6S. The van der Waals surface area contributed by atoms with Crippen LogP contribution in [0.3, 0.4) is 0 Å². The minimum absolute atomic E-state index is 0.0655. The number of hydrogen-bond donors (Lipinski definition) is 3. The molecule has 0 amide bonds. The van der Waals surface area contributed by atoms with Gasteiger partial charge in [0, 0.05) is 30.2 Å². The maximum Gasteiger partial charge on any atom is 0.157 e. The zero-order valence-corrected chi connectivity index (χ0v) is 23.8. The Balaban J connectivity index is 2.44. The van der Waals surface area contributed by atoms with Crippen LogP contribution in [0, 0.1) is 24.2 Å². The number of carbonyl (C=O) groups is 1. The van der Waals surface area contributed by atoms with Crippen molar-refractivity contribution >= 4 is 23.2 Å². The summed E-state index contributed by atoms with van der Waals surface area (Å²) in [5.74, 6) is -0.931. The van der Waals surface area contributed by atoms with Crippen LogP contribution in [-0.4, -0.2) is 63.9 Å². The lowest BCUT2D eigenvalue weighted by molar-refractivity contribution is -0.174. The minimum atomic E-state index is -1.34. The summed E-state index contributed by atoms with van der Waals surface area (Å²) in [4.78, 5) is 17.8. The third-order valence-electron chi connectivity index (χ3n) is 7.42. The Bertz CT molecular complexity index is 923. The van der Waals surface area contributed by atoms with Crippen LogP contribution in [0.25, 0.3) is 6.08 Å². The lowest BCUT2D eigenvalue weighted by atomic mass is 9.73. The van der Waals surface area contributed by atoms with Gasteiger partial charge in [0.15, 0.2) is 6.29 Å². The van der Waals surface area contributed by atoms with Crippen LogP contribution in [-0.2, 0) is 14.3 Å². The Hall–Kier alpha value is -1.42. The summed E-state index contributed by atoms with van der Waals surface area (Å²) in [6.45, 7) is 12.9. The maximum atomic E-state index is 13.3. The van der Waals surface area contributed by atoms with Crippen molar-refractivity contribution in [2.24, 2.45) is 17.3 Å². The normalized spacial score (nSPS) is 35.3. The van der Waals surface area contributed by atoms with Gasteiger partial charge in [-0.25, -0.2) is 4.98 Å². The van der Waals surface area contributed by atoms with E-state index >= 15 is 0 Å². The van der Waals surface area contributed by atoms with E-state index in [4.69, 9.17) is 9.47 Å². The number of carbonyl (C=O) groups excluding carboxylic acids is 1. The molecule has 8 heteroatoms.